The Bertz CT molecular complexity index is 444. The zero-order valence-corrected chi connectivity index (χ0v) is 11.8. The van der Waals surface area contributed by atoms with E-state index in [2.05, 4.69) is 10.3 Å². The van der Waals surface area contributed by atoms with Gasteiger partial charge in [-0.25, -0.2) is 8.42 Å². The fourth-order valence-corrected chi connectivity index (χ4v) is 3.78. The van der Waals surface area contributed by atoms with Gasteiger partial charge in [0.1, 0.15) is 0 Å². The molecule has 1 unspecified atom stereocenters. The Morgan fingerprint density at radius 2 is 2.17 bits per heavy atom. The van der Waals surface area contributed by atoms with Gasteiger partial charge in [-0.2, -0.15) is 0 Å². The van der Waals surface area contributed by atoms with Crippen LogP contribution >= 0.6 is 12.4 Å². The lowest BCUT2D eigenvalue weighted by Gasteiger charge is -2.23. The summed E-state index contributed by atoms with van der Waals surface area (Å²) in [5.74, 6) is 0.273. The minimum atomic E-state index is -3.06. The van der Waals surface area contributed by atoms with E-state index in [-0.39, 0.29) is 30.0 Å². The van der Waals surface area contributed by atoms with Crippen LogP contribution in [0.4, 0.5) is 0 Å². The van der Waals surface area contributed by atoms with Gasteiger partial charge < -0.3 is 5.32 Å². The van der Waals surface area contributed by atoms with Crippen molar-refractivity contribution in [1.29, 1.82) is 0 Å². The first kappa shape index (κ1) is 15.4. The number of hydrogen-bond donors (Lipinski definition) is 1. The average molecular weight is 291 g/mol. The maximum Gasteiger partial charge on any atom is 0.157 e. The topological polar surface area (TPSA) is 59.1 Å². The molecule has 1 N–H and O–H groups in total. The van der Waals surface area contributed by atoms with Gasteiger partial charge in [0, 0.05) is 12.2 Å². The average Bonchev–Trinajstić information content (AvgIpc) is 2.30. The minimum Gasteiger partial charge on any atom is -0.313 e. The highest BCUT2D eigenvalue weighted by molar-refractivity contribution is 7.90. The SMILES string of the molecule is Cl.O=S(=O)(Cc1ccccn1)CC1CCCCN1. The van der Waals surface area contributed by atoms with Crippen LogP contribution in [-0.4, -0.2) is 31.7 Å². The van der Waals surface area contributed by atoms with Crippen LogP contribution in [-0.2, 0) is 15.6 Å². The first-order valence-electron chi connectivity index (χ1n) is 5.99. The number of halogens is 1. The molecule has 18 heavy (non-hydrogen) atoms. The van der Waals surface area contributed by atoms with Crippen molar-refractivity contribution in [2.24, 2.45) is 0 Å². The number of piperidine rings is 1. The molecule has 1 fully saturated rings. The summed E-state index contributed by atoms with van der Waals surface area (Å²) in [5.41, 5.74) is 0.628. The zero-order valence-electron chi connectivity index (χ0n) is 10.2. The third kappa shape index (κ3) is 4.92. The second-order valence-corrected chi connectivity index (χ2v) is 6.63. The molecule has 0 spiro atoms. The molecule has 0 saturated carbocycles. The molecule has 1 aromatic rings. The van der Waals surface area contributed by atoms with Crippen molar-refractivity contribution < 1.29 is 8.42 Å². The summed E-state index contributed by atoms with van der Waals surface area (Å²) in [6, 6.07) is 5.49. The lowest BCUT2D eigenvalue weighted by atomic mass is 10.1. The van der Waals surface area contributed by atoms with Crippen LogP contribution in [0.3, 0.4) is 0 Å². The van der Waals surface area contributed by atoms with Gasteiger partial charge in [0.15, 0.2) is 9.84 Å². The molecule has 6 heteroatoms. The monoisotopic (exact) mass is 290 g/mol. The molecule has 0 aromatic carbocycles. The number of aromatic nitrogens is 1. The Morgan fingerprint density at radius 3 is 2.78 bits per heavy atom. The lowest BCUT2D eigenvalue weighted by Crippen LogP contribution is -2.39. The van der Waals surface area contributed by atoms with Gasteiger partial charge in [0.2, 0.25) is 0 Å². The van der Waals surface area contributed by atoms with E-state index in [4.69, 9.17) is 0 Å². The molecule has 0 radical (unpaired) electrons. The van der Waals surface area contributed by atoms with Gasteiger partial charge in [0.05, 0.1) is 17.2 Å². The Balaban J connectivity index is 0.00000162. The van der Waals surface area contributed by atoms with E-state index < -0.39 is 9.84 Å². The van der Waals surface area contributed by atoms with Crippen LogP contribution in [0.25, 0.3) is 0 Å². The van der Waals surface area contributed by atoms with Crippen LogP contribution in [0.1, 0.15) is 25.0 Å². The van der Waals surface area contributed by atoms with Gasteiger partial charge in [0.25, 0.3) is 0 Å². The quantitative estimate of drug-likeness (QED) is 0.914. The highest BCUT2D eigenvalue weighted by Gasteiger charge is 2.21. The largest absolute Gasteiger partial charge is 0.313 e. The molecule has 1 saturated heterocycles. The number of nitrogens with one attached hydrogen (secondary N) is 1. The Hall–Kier alpha value is -0.650. The predicted octanol–water partition coefficient (Wildman–Crippen LogP) is 1.56. The van der Waals surface area contributed by atoms with Gasteiger partial charge >= 0.3 is 0 Å². The maximum atomic E-state index is 12.0. The van der Waals surface area contributed by atoms with E-state index in [1.807, 2.05) is 6.07 Å². The zero-order chi connectivity index (χ0) is 12.1. The molecule has 2 heterocycles. The molecule has 1 aromatic heterocycles. The van der Waals surface area contributed by atoms with Crippen molar-refractivity contribution in [1.82, 2.24) is 10.3 Å². The summed E-state index contributed by atoms with van der Waals surface area (Å²) < 4.78 is 24.0. The lowest BCUT2D eigenvalue weighted by molar-refractivity contribution is 0.423. The van der Waals surface area contributed by atoms with E-state index in [9.17, 15) is 8.42 Å². The van der Waals surface area contributed by atoms with Gasteiger partial charge in [-0.05, 0) is 31.5 Å². The molecule has 102 valence electrons. The number of pyridine rings is 1. The number of hydrogen-bond acceptors (Lipinski definition) is 4. The van der Waals surface area contributed by atoms with Gasteiger partial charge in [-0.3, -0.25) is 4.98 Å². The predicted molar refractivity (Wildman–Crippen MR) is 74.6 cm³/mol. The molecule has 0 bridgehead atoms. The molecule has 2 rings (SSSR count). The summed E-state index contributed by atoms with van der Waals surface area (Å²) in [4.78, 5) is 4.06. The fourth-order valence-electron chi connectivity index (χ4n) is 2.14. The smallest absolute Gasteiger partial charge is 0.157 e. The third-order valence-electron chi connectivity index (χ3n) is 2.96. The minimum absolute atomic E-state index is 0. The summed E-state index contributed by atoms with van der Waals surface area (Å²) in [6.07, 6.45) is 4.86. The van der Waals surface area contributed by atoms with Crippen molar-refractivity contribution in [2.75, 3.05) is 12.3 Å². The van der Waals surface area contributed by atoms with E-state index in [1.54, 1.807) is 18.3 Å². The fraction of sp³-hybridized carbons (Fsp3) is 0.583. The molecular formula is C12H19ClN2O2S. The summed E-state index contributed by atoms with van der Waals surface area (Å²) >= 11 is 0. The van der Waals surface area contributed by atoms with Crippen molar-refractivity contribution in [2.45, 2.75) is 31.1 Å². The molecule has 1 aliphatic rings. The summed E-state index contributed by atoms with van der Waals surface area (Å²) in [7, 11) is -3.06. The highest BCUT2D eigenvalue weighted by atomic mass is 35.5. The van der Waals surface area contributed by atoms with Crippen LogP contribution in [0, 0.1) is 0 Å². The van der Waals surface area contributed by atoms with Crippen molar-refractivity contribution >= 4 is 22.2 Å². The van der Waals surface area contributed by atoms with Crippen LogP contribution in [0.2, 0.25) is 0 Å². The Kier molecular flexibility index (Phi) is 6.05. The number of nitrogens with zero attached hydrogens (tertiary/aromatic N) is 1. The molecule has 1 aliphatic heterocycles. The van der Waals surface area contributed by atoms with E-state index in [0.717, 1.165) is 25.8 Å². The molecule has 0 amide bonds. The van der Waals surface area contributed by atoms with Crippen molar-refractivity contribution in [3.05, 3.63) is 30.1 Å². The van der Waals surface area contributed by atoms with Crippen LogP contribution < -0.4 is 5.32 Å². The van der Waals surface area contributed by atoms with E-state index in [0.29, 0.717) is 5.69 Å². The second kappa shape index (κ2) is 7.07. The molecular weight excluding hydrogens is 272 g/mol. The Labute approximate surface area is 115 Å². The van der Waals surface area contributed by atoms with Crippen molar-refractivity contribution in [3.8, 4) is 0 Å². The summed E-state index contributed by atoms with van der Waals surface area (Å²) in [5, 5.41) is 3.26. The molecule has 4 nitrogen and oxygen atoms in total. The molecule has 1 atom stereocenters. The van der Waals surface area contributed by atoms with Crippen LogP contribution in [0.15, 0.2) is 24.4 Å². The van der Waals surface area contributed by atoms with E-state index >= 15 is 0 Å². The second-order valence-electron chi connectivity index (χ2n) is 4.52. The highest BCUT2D eigenvalue weighted by Crippen LogP contribution is 2.11. The maximum absolute atomic E-state index is 12.0. The number of sulfone groups is 1. The van der Waals surface area contributed by atoms with Gasteiger partial charge in [-0.1, -0.05) is 12.5 Å². The number of rotatable bonds is 4. The third-order valence-corrected chi connectivity index (χ3v) is 4.61. The Morgan fingerprint density at radius 1 is 1.33 bits per heavy atom. The first-order chi connectivity index (χ1) is 8.16. The van der Waals surface area contributed by atoms with Gasteiger partial charge in [-0.15, -0.1) is 12.4 Å². The normalized spacial score (nSPS) is 20.1. The standard InChI is InChI=1S/C12H18N2O2S.ClH/c15-17(16,9-11-5-1-3-7-13-11)10-12-6-2-4-8-14-12;/h1,3,5,7,12,14H,2,4,6,8-10H2;1H. The van der Waals surface area contributed by atoms with Crippen LogP contribution in [0.5, 0.6) is 0 Å². The first-order valence-corrected chi connectivity index (χ1v) is 7.81. The summed E-state index contributed by atoms with van der Waals surface area (Å²) in [6.45, 7) is 0.934. The van der Waals surface area contributed by atoms with Crippen molar-refractivity contribution in [3.63, 3.8) is 0 Å². The van der Waals surface area contributed by atoms with E-state index in [1.165, 1.54) is 0 Å². The molecule has 0 aliphatic carbocycles.